The fraction of sp³-hybridized carbons (Fsp3) is 0.650. The Hall–Kier alpha value is -1.75. The summed E-state index contributed by atoms with van der Waals surface area (Å²) in [6.45, 7) is 4.39. The molecule has 1 fully saturated rings. The third-order valence-electron chi connectivity index (χ3n) is 4.85. The standard InChI is InChI=1S/C20H34N4O/c1-21-20(23-15-18-8-6-14-24(2)16-18)22-13-5-4-7-17-9-11-19(25-3)12-10-17/h9-12,18H,4-8,13-16H2,1-3H3,(H2,21,22,23). The number of benzene rings is 1. The molecule has 1 aromatic rings. The lowest BCUT2D eigenvalue weighted by molar-refractivity contribution is 0.210. The molecule has 2 N–H and O–H groups in total. The Morgan fingerprint density at radius 2 is 2.04 bits per heavy atom. The van der Waals surface area contributed by atoms with Crippen molar-refractivity contribution in [3.05, 3.63) is 29.8 Å². The molecule has 1 unspecified atom stereocenters. The zero-order valence-corrected chi connectivity index (χ0v) is 16.1. The quantitative estimate of drug-likeness (QED) is 0.431. The van der Waals surface area contributed by atoms with Crippen molar-refractivity contribution in [2.45, 2.75) is 32.1 Å². The molecule has 1 heterocycles. The molecular formula is C20H34N4O. The maximum Gasteiger partial charge on any atom is 0.190 e. The molecule has 25 heavy (non-hydrogen) atoms. The maximum absolute atomic E-state index is 5.19. The summed E-state index contributed by atoms with van der Waals surface area (Å²) in [6.07, 6.45) is 6.03. The second-order valence-electron chi connectivity index (χ2n) is 6.96. The molecule has 0 radical (unpaired) electrons. The van der Waals surface area contributed by atoms with Gasteiger partial charge in [-0.15, -0.1) is 0 Å². The summed E-state index contributed by atoms with van der Waals surface area (Å²) < 4.78 is 5.19. The SMILES string of the molecule is CN=C(NCCCCc1ccc(OC)cc1)NCC1CCCN(C)C1. The average molecular weight is 347 g/mol. The van der Waals surface area contributed by atoms with E-state index in [-0.39, 0.29) is 0 Å². The van der Waals surface area contributed by atoms with Gasteiger partial charge in [-0.05, 0) is 69.3 Å². The third kappa shape index (κ3) is 7.34. The normalized spacial score (nSPS) is 18.8. The van der Waals surface area contributed by atoms with Crippen molar-refractivity contribution in [2.24, 2.45) is 10.9 Å². The van der Waals surface area contributed by atoms with Crippen LogP contribution in [0.5, 0.6) is 5.75 Å². The number of nitrogens with one attached hydrogen (secondary N) is 2. The minimum absolute atomic E-state index is 0.729. The van der Waals surface area contributed by atoms with Gasteiger partial charge >= 0.3 is 0 Å². The monoisotopic (exact) mass is 346 g/mol. The Kier molecular flexibility index (Phi) is 8.60. The molecule has 0 aromatic heterocycles. The first-order valence-electron chi connectivity index (χ1n) is 9.47. The number of hydrogen-bond acceptors (Lipinski definition) is 3. The summed E-state index contributed by atoms with van der Waals surface area (Å²) in [5, 5.41) is 6.91. The highest BCUT2D eigenvalue weighted by Gasteiger charge is 2.17. The van der Waals surface area contributed by atoms with E-state index < -0.39 is 0 Å². The largest absolute Gasteiger partial charge is 0.497 e. The Bertz CT molecular complexity index is 515. The molecule has 5 heteroatoms. The highest BCUT2D eigenvalue weighted by molar-refractivity contribution is 5.79. The first-order chi connectivity index (χ1) is 12.2. The molecular weight excluding hydrogens is 312 g/mol. The highest BCUT2D eigenvalue weighted by Crippen LogP contribution is 2.14. The number of methoxy groups -OCH3 is 1. The molecule has 1 saturated heterocycles. The fourth-order valence-electron chi connectivity index (χ4n) is 3.35. The zero-order chi connectivity index (χ0) is 17.9. The summed E-state index contributed by atoms with van der Waals surface area (Å²) in [5.41, 5.74) is 1.37. The molecule has 0 aliphatic carbocycles. The van der Waals surface area contributed by atoms with E-state index in [1.165, 1.54) is 37.9 Å². The molecule has 1 aromatic carbocycles. The lowest BCUT2D eigenvalue weighted by atomic mass is 9.99. The predicted octanol–water partition coefficient (Wildman–Crippen LogP) is 2.52. The molecule has 0 spiro atoms. The summed E-state index contributed by atoms with van der Waals surface area (Å²) in [5.74, 6) is 2.58. The van der Waals surface area contributed by atoms with Gasteiger partial charge in [-0.25, -0.2) is 0 Å². The van der Waals surface area contributed by atoms with Gasteiger partial charge in [-0.1, -0.05) is 12.1 Å². The number of unbranched alkanes of at least 4 members (excludes halogenated alkanes) is 1. The number of guanidine groups is 1. The van der Waals surface area contributed by atoms with Crippen molar-refractivity contribution in [3.8, 4) is 5.75 Å². The van der Waals surface area contributed by atoms with Crippen LogP contribution in [0.1, 0.15) is 31.2 Å². The maximum atomic E-state index is 5.19. The molecule has 1 aliphatic heterocycles. The van der Waals surface area contributed by atoms with Crippen LogP contribution in [0.2, 0.25) is 0 Å². The van der Waals surface area contributed by atoms with Crippen LogP contribution in [0.15, 0.2) is 29.3 Å². The van der Waals surface area contributed by atoms with E-state index in [2.05, 4.69) is 39.7 Å². The Labute approximate surface area is 152 Å². The minimum Gasteiger partial charge on any atom is -0.497 e. The summed E-state index contributed by atoms with van der Waals surface area (Å²) in [6, 6.07) is 8.35. The molecule has 1 aliphatic rings. The van der Waals surface area contributed by atoms with Crippen LogP contribution < -0.4 is 15.4 Å². The van der Waals surface area contributed by atoms with Gasteiger partial charge in [-0.2, -0.15) is 0 Å². The van der Waals surface area contributed by atoms with Crippen molar-refractivity contribution in [2.75, 3.05) is 47.4 Å². The Balaban J connectivity index is 1.57. The van der Waals surface area contributed by atoms with Crippen molar-refractivity contribution in [1.29, 1.82) is 0 Å². The van der Waals surface area contributed by atoms with Crippen LogP contribution in [-0.4, -0.2) is 58.2 Å². The fourth-order valence-corrected chi connectivity index (χ4v) is 3.35. The van der Waals surface area contributed by atoms with Gasteiger partial charge in [-0.3, -0.25) is 4.99 Å². The van der Waals surface area contributed by atoms with E-state index in [1.54, 1.807) is 7.11 Å². The van der Waals surface area contributed by atoms with E-state index >= 15 is 0 Å². The summed E-state index contributed by atoms with van der Waals surface area (Å²) in [7, 11) is 5.76. The van der Waals surface area contributed by atoms with Crippen LogP contribution in [0.3, 0.4) is 0 Å². The first-order valence-corrected chi connectivity index (χ1v) is 9.47. The molecule has 140 valence electrons. The topological polar surface area (TPSA) is 48.9 Å². The van der Waals surface area contributed by atoms with Crippen LogP contribution >= 0.6 is 0 Å². The molecule has 1 atom stereocenters. The van der Waals surface area contributed by atoms with Crippen molar-refractivity contribution >= 4 is 5.96 Å². The van der Waals surface area contributed by atoms with Crippen LogP contribution in [0.4, 0.5) is 0 Å². The molecule has 0 bridgehead atoms. The van der Waals surface area contributed by atoms with Gasteiger partial charge in [0.2, 0.25) is 0 Å². The van der Waals surface area contributed by atoms with Crippen LogP contribution in [0.25, 0.3) is 0 Å². The van der Waals surface area contributed by atoms with Crippen molar-refractivity contribution < 1.29 is 4.74 Å². The van der Waals surface area contributed by atoms with Crippen molar-refractivity contribution in [3.63, 3.8) is 0 Å². The van der Waals surface area contributed by atoms with Crippen LogP contribution in [0, 0.1) is 5.92 Å². The number of piperidine rings is 1. The number of rotatable bonds is 8. The van der Waals surface area contributed by atoms with E-state index in [4.69, 9.17) is 4.74 Å². The summed E-state index contributed by atoms with van der Waals surface area (Å²) in [4.78, 5) is 6.76. The smallest absolute Gasteiger partial charge is 0.190 e. The first kappa shape index (κ1) is 19.6. The number of aliphatic imine (C=N–C) groups is 1. The van der Waals surface area contributed by atoms with Gasteiger partial charge in [0.15, 0.2) is 5.96 Å². The number of ether oxygens (including phenoxy) is 1. The van der Waals surface area contributed by atoms with Gasteiger partial charge in [0.1, 0.15) is 5.75 Å². The van der Waals surface area contributed by atoms with Gasteiger partial charge in [0.05, 0.1) is 7.11 Å². The predicted molar refractivity (Wildman–Crippen MR) is 106 cm³/mol. The lowest BCUT2D eigenvalue weighted by Crippen LogP contribution is -2.43. The van der Waals surface area contributed by atoms with E-state index in [1.807, 2.05) is 19.2 Å². The lowest BCUT2D eigenvalue weighted by Gasteiger charge is -2.30. The van der Waals surface area contributed by atoms with Crippen molar-refractivity contribution in [1.82, 2.24) is 15.5 Å². The Morgan fingerprint density at radius 1 is 1.24 bits per heavy atom. The third-order valence-corrected chi connectivity index (χ3v) is 4.85. The average Bonchev–Trinajstić information content (AvgIpc) is 2.64. The number of nitrogens with zero attached hydrogens (tertiary/aromatic N) is 2. The molecule has 2 rings (SSSR count). The number of likely N-dealkylation sites (tertiary alicyclic amines) is 1. The second-order valence-corrected chi connectivity index (χ2v) is 6.96. The molecule has 0 saturated carbocycles. The van der Waals surface area contributed by atoms with Gasteiger partial charge < -0.3 is 20.3 Å². The van der Waals surface area contributed by atoms with Crippen LogP contribution in [-0.2, 0) is 6.42 Å². The highest BCUT2D eigenvalue weighted by atomic mass is 16.5. The minimum atomic E-state index is 0.729. The summed E-state index contributed by atoms with van der Waals surface area (Å²) >= 11 is 0. The molecule has 0 amide bonds. The van der Waals surface area contributed by atoms with Gasteiger partial charge in [0, 0.05) is 26.7 Å². The second kappa shape index (κ2) is 11.0. The zero-order valence-electron chi connectivity index (χ0n) is 16.1. The Morgan fingerprint density at radius 3 is 2.72 bits per heavy atom. The number of hydrogen-bond donors (Lipinski definition) is 2. The number of aryl methyl sites for hydroxylation is 1. The van der Waals surface area contributed by atoms with E-state index in [0.29, 0.717) is 0 Å². The van der Waals surface area contributed by atoms with E-state index in [0.717, 1.165) is 43.6 Å². The molecule has 5 nitrogen and oxygen atoms in total. The van der Waals surface area contributed by atoms with Gasteiger partial charge in [0.25, 0.3) is 0 Å². The van der Waals surface area contributed by atoms with E-state index in [9.17, 15) is 0 Å².